The number of amides is 1. The third-order valence-electron chi connectivity index (χ3n) is 5.15. The largest absolute Gasteiger partial charge is 0.490 e. The second-order valence-corrected chi connectivity index (χ2v) is 7.63. The van der Waals surface area contributed by atoms with Crippen molar-refractivity contribution < 1.29 is 14.3 Å². The van der Waals surface area contributed by atoms with Crippen molar-refractivity contribution in [2.75, 3.05) is 18.5 Å². The summed E-state index contributed by atoms with van der Waals surface area (Å²) in [6, 6.07) is 19.2. The summed E-state index contributed by atoms with van der Waals surface area (Å²) in [6.45, 7) is 3.90. The van der Waals surface area contributed by atoms with Crippen LogP contribution >= 0.6 is 0 Å². The van der Waals surface area contributed by atoms with Crippen LogP contribution in [0.1, 0.15) is 18.1 Å². The van der Waals surface area contributed by atoms with Crippen molar-refractivity contribution in [3.63, 3.8) is 0 Å². The monoisotopic (exact) mass is 472 g/mol. The van der Waals surface area contributed by atoms with Crippen molar-refractivity contribution in [2.24, 2.45) is 5.10 Å². The number of para-hydroxylation sites is 2. The average Bonchev–Trinajstić information content (AvgIpc) is 2.85. The fourth-order valence-electron chi connectivity index (χ4n) is 3.42. The fourth-order valence-corrected chi connectivity index (χ4v) is 3.42. The summed E-state index contributed by atoms with van der Waals surface area (Å²) in [5, 5.41) is 7.23. The van der Waals surface area contributed by atoms with E-state index >= 15 is 0 Å². The van der Waals surface area contributed by atoms with E-state index in [9.17, 15) is 14.4 Å². The summed E-state index contributed by atoms with van der Waals surface area (Å²) in [5.41, 5.74) is 1.52. The van der Waals surface area contributed by atoms with Gasteiger partial charge < -0.3 is 19.8 Å². The Balaban J connectivity index is 1.52. The summed E-state index contributed by atoms with van der Waals surface area (Å²) in [4.78, 5) is 39.9. The number of aromatic nitrogens is 2. The van der Waals surface area contributed by atoms with Gasteiger partial charge in [0.1, 0.15) is 0 Å². The summed E-state index contributed by atoms with van der Waals surface area (Å²) in [7, 11) is 0. The van der Waals surface area contributed by atoms with Gasteiger partial charge >= 0.3 is 5.69 Å². The number of benzene rings is 3. The molecule has 4 rings (SSSR count). The van der Waals surface area contributed by atoms with Crippen molar-refractivity contribution in [3.8, 4) is 11.5 Å². The number of carbonyl (C=O) groups excluding carboxylic acids is 1. The van der Waals surface area contributed by atoms with Gasteiger partial charge in [0.05, 0.1) is 23.7 Å². The van der Waals surface area contributed by atoms with E-state index in [1.54, 1.807) is 42.5 Å². The standard InChI is InChI=1S/C26H24N4O5/c1-3-34-23-14-18(15-27-30-25(32)19-9-5-7-11-21(19)29-26(30)33)12-13-22(23)35-16-24(31)28-20-10-6-4-8-17(20)2/h4-15H,3,16H2,1-2H3,(H,28,31)(H,29,33). The molecule has 35 heavy (non-hydrogen) atoms. The highest BCUT2D eigenvalue weighted by Crippen LogP contribution is 2.28. The van der Waals surface area contributed by atoms with E-state index in [-0.39, 0.29) is 12.5 Å². The number of nitrogens with one attached hydrogen (secondary N) is 2. The van der Waals surface area contributed by atoms with Crippen LogP contribution in [0, 0.1) is 6.92 Å². The van der Waals surface area contributed by atoms with E-state index in [1.807, 2.05) is 38.1 Å². The molecule has 0 saturated carbocycles. The number of rotatable bonds is 8. The molecule has 9 nitrogen and oxygen atoms in total. The maximum Gasteiger partial charge on any atom is 0.349 e. The van der Waals surface area contributed by atoms with E-state index in [0.29, 0.717) is 34.6 Å². The third kappa shape index (κ3) is 5.47. The van der Waals surface area contributed by atoms with Gasteiger partial charge in [0.2, 0.25) is 0 Å². The molecule has 0 bridgehead atoms. The zero-order valence-corrected chi connectivity index (χ0v) is 19.3. The normalized spacial score (nSPS) is 11.0. The molecule has 1 heterocycles. The Morgan fingerprint density at radius 1 is 1.03 bits per heavy atom. The maximum absolute atomic E-state index is 12.6. The van der Waals surface area contributed by atoms with E-state index < -0.39 is 11.2 Å². The summed E-state index contributed by atoms with van der Waals surface area (Å²) in [6.07, 6.45) is 1.38. The predicted molar refractivity (Wildman–Crippen MR) is 135 cm³/mol. The third-order valence-corrected chi connectivity index (χ3v) is 5.15. The van der Waals surface area contributed by atoms with Crippen LogP contribution in [0.2, 0.25) is 0 Å². The lowest BCUT2D eigenvalue weighted by Crippen LogP contribution is -2.32. The highest BCUT2D eigenvalue weighted by Gasteiger charge is 2.11. The minimum absolute atomic E-state index is 0.205. The van der Waals surface area contributed by atoms with Crippen molar-refractivity contribution in [1.29, 1.82) is 0 Å². The molecule has 4 aromatic rings. The lowest BCUT2D eigenvalue weighted by molar-refractivity contribution is -0.118. The Morgan fingerprint density at radius 3 is 2.60 bits per heavy atom. The Hall–Kier alpha value is -4.66. The Labute approximate surface area is 200 Å². The van der Waals surface area contributed by atoms with Crippen LogP contribution in [-0.2, 0) is 4.79 Å². The number of ether oxygens (including phenoxy) is 2. The quantitative estimate of drug-likeness (QED) is 0.382. The van der Waals surface area contributed by atoms with Crippen LogP contribution in [0.15, 0.2) is 81.4 Å². The van der Waals surface area contributed by atoms with Crippen LogP contribution in [0.4, 0.5) is 5.69 Å². The molecule has 178 valence electrons. The molecule has 0 aliphatic rings. The smallest absolute Gasteiger partial charge is 0.349 e. The van der Waals surface area contributed by atoms with Crippen LogP contribution < -0.4 is 26.0 Å². The van der Waals surface area contributed by atoms with Gasteiger partial charge in [0.25, 0.3) is 11.5 Å². The van der Waals surface area contributed by atoms with Crippen LogP contribution in [0.3, 0.4) is 0 Å². The van der Waals surface area contributed by atoms with Crippen molar-refractivity contribution in [3.05, 3.63) is 98.7 Å². The first-order valence-electron chi connectivity index (χ1n) is 11.0. The first-order chi connectivity index (χ1) is 17.0. The predicted octanol–water partition coefficient (Wildman–Crippen LogP) is 3.30. The van der Waals surface area contributed by atoms with Crippen molar-refractivity contribution in [2.45, 2.75) is 13.8 Å². The Bertz CT molecular complexity index is 1520. The zero-order chi connectivity index (χ0) is 24.8. The number of H-pyrrole nitrogens is 1. The number of hydrogen-bond acceptors (Lipinski definition) is 6. The van der Waals surface area contributed by atoms with Gasteiger partial charge in [-0.05, 0) is 61.4 Å². The molecule has 0 unspecified atom stereocenters. The Morgan fingerprint density at radius 2 is 1.80 bits per heavy atom. The van der Waals surface area contributed by atoms with Gasteiger partial charge in [0.15, 0.2) is 18.1 Å². The molecule has 1 amide bonds. The molecule has 0 fully saturated rings. The highest BCUT2D eigenvalue weighted by molar-refractivity contribution is 5.92. The topological polar surface area (TPSA) is 115 Å². The van der Waals surface area contributed by atoms with Crippen molar-refractivity contribution in [1.82, 2.24) is 9.66 Å². The first-order valence-corrected chi connectivity index (χ1v) is 11.0. The summed E-state index contributed by atoms with van der Waals surface area (Å²) >= 11 is 0. The first kappa shape index (κ1) is 23.5. The minimum atomic E-state index is -0.644. The van der Waals surface area contributed by atoms with Gasteiger partial charge in [-0.2, -0.15) is 5.10 Å². The molecule has 0 aliphatic carbocycles. The molecule has 3 aromatic carbocycles. The van der Waals surface area contributed by atoms with Gasteiger partial charge in [-0.3, -0.25) is 9.59 Å². The number of nitrogens with zero attached hydrogens (tertiary/aromatic N) is 2. The number of hydrogen-bond donors (Lipinski definition) is 2. The molecule has 0 aliphatic heterocycles. The highest BCUT2D eigenvalue weighted by atomic mass is 16.5. The molecular formula is C26H24N4O5. The maximum atomic E-state index is 12.6. The fraction of sp³-hybridized carbons (Fsp3) is 0.154. The molecule has 9 heteroatoms. The van der Waals surface area contributed by atoms with Gasteiger partial charge in [0, 0.05) is 5.69 Å². The number of fused-ring (bicyclic) bond motifs is 1. The van der Waals surface area contributed by atoms with Gasteiger partial charge in [-0.25, -0.2) is 4.79 Å². The lowest BCUT2D eigenvalue weighted by atomic mass is 10.2. The second kappa shape index (κ2) is 10.5. The van der Waals surface area contributed by atoms with Crippen LogP contribution in [-0.4, -0.2) is 35.0 Å². The number of aryl methyl sites for hydroxylation is 1. The van der Waals surface area contributed by atoms with Crippen LogP contribution in [0.25, 0.3) is 10.9 Å². The van der Waals surface area contributed by atoms with E-state index in [2.05, 4.69) is 15.4 Å². The van der Waals surface area contributed by atoms with E-state index in [4.69, 9.17) is 9.47 Å². The molecular weight excluding hydrogens is 448 g/mol. The number of aromatic amines is 1. The molecule has 1 aromatic heterocycles. The summed E-state index contributed by atoms with van der Waals surface area (Å²) in [5.74, 6) is 0.479. The molecule has 0 saturated heterocycles. The lowest BCUT2D eigenvalue weighted by Gasteiger charge is -2.13. The molecule has 0 radical (unpaired) electrons. The SMILES string of the molecule is CCOc1cc(C=Nn2c(=O)[nH]c3ccccc3c2=O)ccc1OCC(=O)Nc1ccccc1C. The number of anilines is 1. The zero-order valence-electron chi connectivity index (χ0n) is 19.3. The van der Waals surface area contributed by atoms with Crippen molar-refractivity contribution >= 4 is 28.7 Å². The molecule has 0 spiro atoms. The second-order valence-electron chi connectivity index (χ2n) is 7.63. The molecule has 2 N–H and O–H groups in total. The van der Waals surface area contributed by atoms with Crippen LogP contribution in [0.5, 0.6) is 11.5 Å². The Kier molecular flexibility index (Phi) is 7.06. The van der Waals surface area contributed by atoms with E-state index in [1.165, 1.54) is 6.21 Å². The average molecular weight is 473 g/mol. The summed E-state index contributed by atoms with van der Waals surface area (Å²) < 4.78 is 12.1. The minimum Gasteiger partial charge on any atom is -0.490 e. The van der Waals surface area contributed by atoms with Gasteiger partial charge in [-0.15, -0.1) is 4.68 Å². The molecule has 0 atom stereocenters. The van der Waals surface area contributed by atoms with E-state index in [0.717, 1.165) is 15.9 Å². The number of carbonyl (C=O) groups is 1. The van der Waals surface area contributed by atoms with Gasteiger partial charge in [-0.1, -0.05) is 30.3 Å².